The summed E-state index contributed by atoms with van der Waals surface area (Å²) in [6, 6.07) is 15.0. The molecule has 0 N–H and O–H groups in total. The molecule has 5 rings (SSSR count). The fourth-order valence-electron chi connectivity index (χ4n) is 4.38. The van der Waals surface area contributed by atoms with Crippen LogP contribution in [-0.4, -0.2) is 0 Å². The second-order valence-electron chi connectivity index (χ2n) is 7.05. The minimum Gasteiger partial charge on any atom is -0.455 e. The minimum absolute atomic E-state index is 0.950. The summed E-state index contributed by atoms with van der Waals surface area (Å²) in [6.45, 7) is 6.59. The Labute approximate surface area is 147 Å². The van der Waals surface area contributed by atoms with Gasteiger partial charge >= 0.3 is 0 Å². The number of nitrogens with zero attached hydrogens (tertiary/aromatic N) is 1. The van der Waals surface area contributed by atoms with Gasteiger partial charge in [-0.15, -0.1) is 0 Å². The standard InChI is InChI=1S/C23H20NO/c1-13-7-5-9-17-14(2)23-20(15(3)19(13)17)22-21-16(11-12-24(22)4)8-6-10-18(21)25-23/h5-12H,1-4H3/q+1. The Kier molecular flexibility index (Phi) is 2.79. The van der Waals surface area contributed by atoms with Crippen molar-refractivity contribution in [2.75, 3.05) is 0 Å². The van der Waals surface area contributed by atoms with Crippen molar-refractivity contribution < 1.29 is 9.30 Å². The first kappa shape index (κ1) is 14.5. The van der Waals surface area contributed by atoms with Crippen molar-refractivity contribution in [2.24, 2.45) is 7.05 Å². The highest BCUT2D eigenvalue weighted by molar-refractivity contribution is 6.07. The molecule has 25 heavy (non-hydrogen) atoms. The third kappa shape index (κ3) is 1.77. The zero-order chi connectivity index (χ0) is 17.3. The molecular weight excluding hydrogens is 306 g/mol. The summed E-state index contributed by atoms with van der Waals surface area (Å²) in [5.41, 5.74) is 6.30. The molecule has 1 aromatic heterocycles. The highest BCUT2D eigenvalue weighted by atomic mass is 16.5. The van der Waals surface area contributed by atoms with E-state index in [0.717, 1.165) is 11.5 Å². The summed E-state index contributed by atoms with van der Waals surface area (Å²) >= 11 is 0. The number of aryl methyl sites for hydroxylation is 4. The van der Waals surface area contributed by atoms with E-state index in [4.69, 9.17) is 4.74 Å². The summed E-state index contributed by atoms with van der Waals surface area (Å²) in [4.78, 5) is 0. The molecule has 2 heterocycles. The molecular formula is C23H20NO+. The largest absolute Gasteiger partial charge is 0.455 e. The highest BCUT2D eigenvalue weighted by Crippen LogP contribution is 2.50. The molecule has 1 aliphatic rings. The van der Waals surface area contributed by atoms with Crippen LogP contribution in [0.5, 0.6) is 11.5 Å². The van der Waals surface area contributed by atoms with Crippen LogP contribution >= 0.6 is 0 Å². The number of hydrogen-bond acceptors (Lipinski definition) is 1. The number of aromatic nitrogens is 1. The van der Waals surface area contributed by atoms with Crippen molar-refractivity contribution in [3.05, 3.63) is 65.4 Å². The van der Waals surface area contributed by atoms with Crippen LogP contribution in [0.15, 0.2) is 48.7 Å². The maximum atomic E-state index is 6.45. The lowest BCUT2D eigenvalue weighted by atomic mass is 9.88. The molecule has 2 nitrogen and oxygen atoms in total. The predicted octanol–water partition coefficient (Wildman–Crippen LogP) is 5.52. The van der Waals surface area contributed by atoms with E-state index in [1.807, 2.05) is 0 Å². The van der Waals surface area contributed by atoms with Gasteiger partial charge in [0.05, 0.1) is 10.9 Å². The third-order valence-electron chi connectivity index (χ3n) is 5.57. The lowest BCUT2D eigenvalue weighted by Crippen LogP contribution is -2.32. The molecule has 0 radical (unpaired) electrons. The van der Waals surface area contributed by atoms with E-state index in [1.54, 1.807) is 0 Å². The van der Waals surface area contributed by atoms with Crippen LogP contribution in [0.4, 0.5) is 0 Å². The summed E-state index contributed by atoms with van der Waals surface area (Å²) < 4.78 is 8.68. The zero-order valence-electron chi connectivity index (χ0n) is 15.0. The maximum absolute atomic E-state index is 6.45. The van der Waals surface area contributed by atoms with Crippen LogP contribution in [0.2, 0.25) is 0 Å². The molecule has 0 amide bonds. The van der Waals surface area contributed by atoms with E-state index in [9.17, 15) is 0 Å². The van der Waals surface area contributed by atoms with E-state index in [-0.39, 0.29) is 0 Å². The SMILES string of the molecule is Cc1c2c(c(C)c3c(C)cccc13)-c1c3c(cccc3cc[n+]1C)O2. The van der Waals surface area contributed by atoms with E-state index in [0.29, 0.717) is 0 Å². The summed E-state index contributed by atoms with van der Waals surface area (Å²) in [5, 5.41) is 5.05. The van der Waals surface area contributed by atoms with E-state index in [2.05, 4.69) is 81.0 Å². The average molecular weight is 326 g/mol. The molecule has 0 atom stereocenters. The molecule has 4 aromatic rings. The van der Waals surface area contributed by atoms with Gasteiger partial charge in [-0.3, -0.25) is 0 Å². The Bertz CT molecular complexity index is 1200. The first-order chi connectivity index (χ1) is 12.1. The van der Waals surface area contributed by atoms with Gasteiger partial charge in [-0.1, -0.05) is 30.3 Å². The lowest BCUT2D eigenvalue weighted by molar-refractivity contribution is -0.659. The van der Waals surface area contributed by atoms with Crippen molar-refractivity contribution in [2.45, 2.75) is 20.8 Å². The fraction of sp³-hybridized carbons (Fsp3) is 0.174. The van der Waals surface area contributed by atoms with Gasteiger partial charge in [-0.25, -0.2) is 4.57 Å². The first-order valence-electron chi connectivity index (χ1n) is 8.70. The molecule has 1 aliphatic heterocycles. The Hall–Kier alpha value is -2.87. The normalized spacial score (nSPS) is 12.3. The summed E-state index contributed by atoms with van der Waals surface area (Å²) in [7, 11) is 2.12. The van der Waals surface area contributed by atoms with Gasteiger partial charge in [0.15, 0.2) is 6.20 Å². The van der Waals surface area contributed by atoms with Crippen LogP contribution in [-0.2, 0) is 7.05 Å². The van der Waals surface area contributed by atoms with Crippen molar-refractivity contribution in [1.29, 1.82) is 0 Å². The van der Waals surface area contributed by atoms with E-state index >= 15 is 0 Å². The molecule has 2 heteroatoms. The molecule has 0 saturated carbocycles. The molecule has 0 spiro atoms. The van der Waals surface area contributed by atoms with Gasteiger partial charge in [0.1, 0.15) is 18.5 Å². The summed E-state index contributed by atoms with van der Waals surface area (Å²) in [6.07, 6.45) is 2.15. The number of pyridine rings is 1. The monoisotopic (exact) mass is 326 g/mol. The third-order valence-corrected chi connectivity index (χ3v) is 5.57. The zero-order valence-corrected chi connectivity index (χ0v) is 15.0. The molecule has 0 aliphatic carbocycles. The van der Waals surface area contributed by atoms with Gasteiger partial charge in [0, 0.05) is 11.6 Å². The minimum atomic E-state index is 0.950. The molecule has 0 bridgehead atoms. The maximum Gasteiger partial charge on any atom is 0.228 e. The molecule has 0 unspecified atom stereocenters. The van der Waals surface area contributed by atoms with Crippen molar-refractivity contribution in [3.63, 3.8) is 0 Å². The Balaban J connectivity index is 2.07. The number of hydrogen-bond donors (Lipinski definition) is 0. The predicted molar refractivity (Wildman–Crippen MR) is 102 cm³/mol. The number of fused-ring (bicyclic) bond motifs is 3. The molecule has 0 saturated heterocycles. The van der Waals surface area contributed by atoms with Gasteiger partial charge in [0.2, 0.25) is 5.69 Å². The van der Waals surface area contributed by atoms with Crippen LogP contribution in [0.3, 0.4) is 0 Å². The van der Waals surface area contributed by atoms with Gasteiger partial charge in [-0.2, -0.15) is 0 Å². The van der Waals surface area contributed by atoms with Crippen LogP contribution in [0.1, 0.15) is 16.7 Å². The smallest absolute Gasteiger partial charge is 0.228 e. The topological polar surface area (TPSA) is 13.1 Å². The van der Waals surface area contributed by atoms with Crippen LogP contribution < -0.4 is 9.30 Å². The van der Waals surface area contributed by atoms with Gasteiger partial charge in [0.25, 0.3) is 0 Å². The summed E-state index contributed by atoms with van der Waals surface area (Å²) in [5.74, 6) is 1.95. The van der Waals surface area contributed by atoms with Gasteiger partial charge in [-0.05, 0) is 54.1 Å². The van der Waals surface area contributed by atoms with E-state index in [1.165, 1.54) is 49.5 Å². The van der Waals surface area contributed by atoms with Crippen molar-refractivity contribution in [3.8, 4) is 22.8 Å². The second kappa shape index (κ2) is 4.82. The first-order valence-corrected chi connectivity index (χ1v) is 8.70. The molecule has 122 valence electrons. The van der Waals surface area contributed by atoms with Gasteiger partial charge < -0.3 is 4.74 Å². The Morgan fingerprint density at radius 3 is 2.48 bits per heavy atom. The second-order valence-corrected chi connectivity index (χ2v) is 7.05. The number of benzene rings is 3. The number of ether oxygens (including phenoxy) is 1. The highest BCUT2D eigenvalue weighted by Gasteiger charge is 2.31. The van der Waals surface area contributed by atoms with Crippen molar-refractivity contribution in [1.82, 2.24) is 0 Å². The average Bonchev–Trinajstić information content (AvgIpc) is 2.62. The van der Waals surface area contributed by atoms with Crippen LogP contribution in [0, 0.1) is 20.8 Å². The molecule has 0 fully saturated rings. The quantitative estimate of drug-likeness (QED) is 0.342. The lowest BCUT2D eigenvalue weighted by Gasteiger charge is -2.24. The van der Waals surface area contributed by atoms with E-state index < -0.39 is 0 Å². The van der Waals surface area contributed by atoms with Crippen LogP contribution in [0.25, 0.3) is 32.8 Å². The van der Waals surface area contributed by atoms with Crippen molar-refractivity contribution >= 4 is 21.5 Å². The molecule has 3 aromatic carbocycles. The Morgan fingerprint density at radius 1 is 0.840 bits per heavy atom. The Morgan fingerprint density at radius 2 is 1.64 bits per heavy atom. The fourth-order valence-corrected chi connectivity index (χ4v) is 4.38. The number of rotatable bonds is 0.